The van der Waals surface area contributed by atoms with Crippen molar-refractivity contribution in [3.63, 3.8) is 0 Å². The molecule has 1 rings (SSSR count). The summed E-state index contributed by atoms with van der Waals surface area (Å²) in [5.74, 6) is -1.78. The maximum Gasteiger partial charge on any atom is 0.354 e. The number of pyridine rings is 1. The van der Waals surface area contributed by atoms with Crippen LogP contribution in [0.5, 0.6) is 0 Å². The van der Waals surface area contributed by atoms with E-state index >= 15 is 0 Å². The second kappa shape index (κ2) is 5.00. The van der Waals surface area contributed by atoms with Crippen molar-refractivity contribution in [3.05, 3.63) is 35.7 Å². The molecule has 1 aromatic rings. The fraction of sp³-hybridized carbons (Fsp3) is 0.308. The molecular formula is C13H15NO4. The lowest BCUT2D eigenvalue weighted by Gasteiger charge is -2.13. The largest absolute Gasteiger partial charge is 0.506 e. The summed E-state index contributed by atoms with van der Waals surface area (Å²) in [5.41, 5.74) is -0.735. The van der Waals surface area contributed by atoms with Gasteiger partial charge in [0.2, 0.25) is 0 Å². The van der Waals surface area contributed by atoms with E-state index in [4.69, 9.17) is 5.11 Å². The smallest absolute Gasteiger partial charge is 0.354 e. The van der Waals surface area contributed by atoms with Crippen LogP contribution in [-0.4, -0.2) is 26.9 Å². The Morgan fingerprint density at radius 1 is 1.17 bits per heavy atom. The SMILES string of the molecule is CC(C)(C)C(=O)/C=C(\O)c1cccc(C(=O)O)n1. The highest BCUT2D eigenvalue weighted by Crippen LogP contribution is 2.18. The van der Waals surface area contributed by atoms with E-state index in [-0.39, 0.29) is 22.9 Å². The number of hydrogen-bond acceptors (Lipinski definition) is 4. The van der Waals surface area contributed by atoms with E-state index in [1.54, 1.807) is 20.8 Å². The zero-order chi connectivity index (χ0) is 13.9. The van der Waals surface area contributed by atoms with Gasteiger partial charge in [0, 0.05) is 11.5 Å². The van der Waals surface area contributed by atoms with E-state index in [0.717, 1.165) is 6.08 Å². The van der Waals surface area contributed by atoms with Crippen LogP contribution in [-0.2, 0) is 4.79 Å². The maximum absolute atomic E-state index is 11.7. The van der Waals surface area contributed by atoms with Crippen molar-refractivity contribution in [1.29, 1.82) is 0 Å². The zero-order valence-corrected chi connectivity index (χ0v) is 10.5. The van der Waals surface area contributed by atoms with Crippen molar-refractivity contribution in [2.75, 3.05) is 0 Å². The third kappa shape index (κ3) is 3.41. The summed E-state index contributed by atoms with van der Waals surface area (Å²) in [6.07, 6.45) is 1.06. The summed E-state index contributed by atoms with van der Waals surface area (Å²) in [4.78, 5) is 26.2. The summed E-state index contributed by atoms with van der Waals surface area (Å²) in [7, 11) is 0. The third-order valence-corrected chi connectivity index (χ3v) is 2.24. The third-order valence-electron chi connectivity index (χ3n) is 2.24. The number of carbonyl (C=O) groups is 2. The molecule has 0 aliphatic carbocycles. The van der Waals surface area contributed by atoms with Crippen LogP contribution in [0.25, 0.3) is 5.76 Å². The normalized spacial score (nSPS) is 12.3. The van der Waals surface area contributed by atoms with E-state index in [1.807, 2.05) is 0 Å². The minimum Gasteiger partial charge on any atom is -0.506 e. The number of allylic oxidation sites excluding steroid dienone is 1. The van der Waals surface area contributed by atoms with Crippen molar-refractivity contribution in [1.82, 2.24) is 4.98 Å². The average molecular weight is 249 g/mol. The van der Waals surface area contributed by atoms with Crippen LogP contribution in [0.3, 0.4) is 0 Å². The van der Waals surface area contributed by atoms with Crippen LogP contribution in [0.1, 0.15) is 37.0 Å². The molecule has 0 fully saturated rings. The average Bonchev–Trinajstić information content (AvgIpc) is 2.27. The Balaban J connectivity index is 3.08. The molecule has 0 bridgehead atoms. The Hall–Kier alpha value is -2.17. The van der Waals surface area contributed by atoms with Crippen molar-refractivity contribution in [3.8, 4) is 0 Å². The number of carbonyl (C=O) groups excluding carboxylic acids is 1. The molecule has 1 heterocycles. The first-order chi connectivity index (χ1) is 8.21. The number of nitrogens with zero attached hydrogens (tertiary/aromatic N) is 1. The van der Waals surface area contributed by atoms with E-state index < -0.39 is 11.4 Å². The Morgan fingerprint density at radius 2 is 1.72 bits per heavy atom. The summed E-state index contributed by atoms with van der Waals surface area (Å²) in [6, 6.07) is 4.20. The van der Waals surface area contributed by atoms with E-state index in [0.29, 0.717) is 0 Å². The van der Waals surface area contributed by atoms with Crippen LogP contribution >= 0.6 is 0 Å². The van der Waals surface area contributed by atoms with Gasteiger partial charge in [-0.3, -0.25) is 4.79 Å². The first-order valence-electron chi connectivity index (χ1n) is 5.37. The van der Waals surface area contributed by atoms with Crippen LogP contribution in [0.15, 0.2) is 24.3 Å². The monoisotopic (exact) mass is 249 g/mol. The Morgan fingerprint density at radius 3 is 2.22 bits per heavy atom. The Kier molecular flexibility index (Phi) is 3.86. The molecule has 0 aliphatic rings. The molecule has 0 saturated carbocycles. The number of carboxylic acid groups (broad SMARTS) is 1. The molecule has 96 valence electrons. The van der Waals surface area contributed by atoms with Crippen LogP contribution in [0.2, 0.25) is 0 Å². The van der Waals surface area contributed by atoms with Gasteiger partial charge in [0.15, 0.2) is 5.78 Å². The number of ketones is 1. The molecule has 0 radical (unpaired) electrons. The van der Waals surface area contributed by atoms with Crippen LogP contribution in [0.4, 0.5) is 0 Å². The molecule has 0 saturated heterocycles. The molecule has 18 heavy (non-hydrogen) atoms. The number of aromatic carboxylic acids is 1. The summed E-state index contributed by atoms with van der Waals surface area (Å²) in [6.45, 7) is 5.17. The zero-order valence-electron chi connectivity index (χ0n) is 10.5. The number of aliphatic hydroxyl groups is 1. The fourth-order valence-electron chi connectivity index (χ4n) is 1.11. The Bertz CT molecular complexity index is 512. The summed E-state index contributed by atoms with van der Waals surface area (Å²) in [5, 5.41) is 18.5. The van der Waals surface area contributed by atoms with Gasteiger partial charge in [0.1, 0.15) is 17.1 Å². The summed E-state index contributed by atoms with van der Waals surface area (Å²) < 4.78 is 0. The number of aliphatic hydroxyl groups excluding tert-OH is 1. The number of carboxylic acids is 1. The lowest BCUT2D eigenvalue weighted by Crippen LogP contribution is -2.18. The van der Waals surface area contributed by atoms with Gasteiger partial charge in [-0.15, -0.1) is 0 Å². The standard InChI is InChI=1S/C13H15NO4/c1-13(2,3)11(16)7-10(15)8-5-4-6-9(14-8)12(17)18/h4-7,15H,1-3H3,(H,17,18)/b10-7-. The van der Waals surface area contributed by atoms with Crippen LogP contribution < -0.4 is 0 Å². The first-order valence-corrected chi connectivity index (χ1v) is 5.37. The predicted molar refractivity (Wildman–Crippen MR) is 66.3 cm³/mol. The lowest BCUT2D eigenvalue weighted by molar-refractivity contribution is -0.121. The van der Waals surface area contributed by atoms with Crippen molar-refractivity contribution in [2.24, 2.45) is 5.41 Å². The van der Waals surface area contributed by atoms with E-state index in [1.165, 1.54) is 18.2 Å². The molecule has 5 heteroatoms. The topological polar surface area (TPSA) is 87.5 Å². The van der Waals surface area contributed by atoms with Crippen molar-refractivity contribution in [2.45, 2.75) is 20.8 Å². The molecule has 0 unspecified atom stereocenters. The minimum absolute atomic E-state index is 0.0625. The van der Waals surface area contributed by atoms with Gasteiger partial charge in [0.25, 0.3) is 0 Å². The lowest BCUT2D eigenvalue weighted by atomic mass is 9.90. The molecule has 0 aromatic carbocycles. The minimum atomic E-state index is -1.19. The molecule has 0 amide bonds. The van der Waals surface area contributed by atoms with Crippen molar-refractivity contribution >= 4 is 17.5 Å². The fourth-order valence-corrected chi connectivity index (χ4v) is 1.11. The van der Waals surface area contributed by atoms with E-state index in [9.17, 15) is 14.7 Å². The van der Waals surface area contributed by atoms with Gasteiger partial charge in [-0.25, -0.2) is 9.78 Å². The maximum atomic E-state index is 11.7. The Labute approximate surface area is 105 Å². The van der Waals surface area contributed by atoms with Gasteiger partial charge < -0.3 is 10.2 Å². The predicted octanol–water partition coefficient (Wildman–Crippen LogP) is 2.29. The van der Waals surface area contributed by atoms with Gasteiger partial charge in [-0.1, -0.05) is 26.8 Å². The molecule has 0 atom stereocenters. The number of aromatic nitrogens is 1. The van der Waals surface area contributed by atoms with Crippen LogP contribution in [0, 0.1) is 5.41 Å². The highest BCUT2D eigenvalue weighted by molar-refractivity contribution is 5.98. The van der Waals surface area contributed by atoms with Gasteiger partial charge in [-0.2, -0.15) is 0 Å². The molecular weight excluding hydrogens is 234 g/mol. The number of rotatable bonds is 3. The molecule has 2 N–H and O–H groups in total. The van der Waals surface area contributed by atoms with E-state index in [2.05, 4.69) is 4.98 Å². The second-order valence-corrected chi connectivity index (χ2v) is 4.86. The molecule has 5 nitrogen and oxygen atoms in total. The number of hydrogen-bond donors (Lipinski definition) is 2. The molecule has 1 aromatic heterocycles. The van der Waals surface area contributed by atoms with Gasteiger partial charge in [-0.05, 0) is 12.1 Å². The molecule has 0 spiro atoms. The summed E-state index contributed by atoms with van der Waals surface area (Å²) >= 11 is 0. The highest BCUT2D eigenvalue weighted by atomic mass is 16.4. The van der Waals surface area contributed by atoms with Crippen molar-refractivity contribution < 1.29 is 19.8 Å². The second-order valence-electron chi connectivity index (χ2n) is 4.86. The quantitative estimate of drug-likeness (QED) is 0.634. The molecule has 0 aliphatic heterocycles. The van der Waals surface area contributed by atoms with Gasteiger partial charge in [0.05, 0.1) is 0 Å². The highest BCUT2D eigenvalue weighted by Gasteiger charge is 2.20. The first kappa shape index (κ1) is 13.9. The van der Waals surface area contributed by atoms with Gasteiger partial charge >= 0.3 is 5.97 Å².